The van der Waals surface area contributed by atoms with Gasteiger partial charge in [0.1, 0.15) is 18.2 Å². The van der Waals surface area contributed by atoms with Gasteiger partial charge >= 0.3 is 0 Å². The molecule has 30 heavy (non-hydrogen) atoms. The van der Waals surface area contributed by atoms with Crippen LogP contribution in [0.2, 0.25) is 0 Å². The van der Waals surface area contributed by atoms with Gasteiger partial charge in [0, 0.05) is 6.54 Å². The lowest BCUT2D eigenvalue weighted by Crippen LogP contribution is -2.11. The average Bonchev–Trinajstić information content (AvgIpc) is 3.06. The number of aryl methyl sites for hydroxylation is 2. The van der Waals surface area contributed by atoms with Crippen LogP contribution in [0.4, 0.5) is 0 Å². The number of fused-ring (bicyclic) bond motifs is 1. The van der Waals surface area contributed by atoms with E-state index in [1.54, 1.807) is 0 Å². The number of ether oxygens (including phenoxy) is 1. The van der Waals surface area contributed by atoms with Gasteiger partial charge in [0.2, 0.25) is 0 Å². The fourth-order valence-electron chi connectivity index (χ4n) is 3.75. The Morgan fingerprint density at radius 2 is 1.63 bits per heavy atom. The van der Waals surface area contributed by atoms with Crippen molar-refractivity contribution in [3.8, 4) is 5.75 Å². The molecule has 4 aromatic rings. The normalized spacial score (nSPS) is 11.8. The summed E-state index contributed by atoms with van der Waals surface area (Å²) in [6.07, 6.45) is 0. The highest BCUT2D eigenvalue weighted by Gasteiger charge is 2.15. The van der Waals surface area contributed by atoms with Gasteiger partial charge in [0.05, 0.1) is 11.0 Å². The zero-order valence-electron chi connectivity index (χ0n) is 18.6. The van der Waals surface area contributed by atoms with E-state index >= 15 is 0 Å². The molecule has 1 heterocycles. The smallest absolute Gasteiger partial charge is 0.148 e. The quantitative estimate of drug-likeness (QED) is 0.380. The number of nitrogens with zero attached hydrogens (tertiary/aromatic N) is 2. The predicted octanol–water partition coefficient (Wildman–Crippen LogP) is 6.58. The van der Waals surface area contributed by atoms with Gasteiger partial charge in [0.25, 0.3) is 0 Å². The first kappa shape index (κ1) is 20.2. The summed E-state index contributed by atoms with van der Waals surface area (Å²) in [4.78, 5) is 4.87. The maximum atomic E-state index is 6.14. The van der Waals surface area contributed by atoms with Crippen molar-refractivity contribution in [3.05, 3.63) is 94.8 Å². The van der Waals surface area contributed by atoms with Gasteiger partial charge in [-0.3, -0.25) is 0 Å². The monoisotopic (exact) mass is 398 g/mol. The molecule has 0 saturated carbocycles. The minimum Gasteiger partial charge on any atom is -0.486 e. The number of aromatic nitrogens is 2. The Labute approximate surface area is 179 Å². The molecule has 0 fully saturated rings. The third-order valence-corrected chi connectivity index (χ3v) is 5.65. The van der Waals surface area contributed by atoms with Crippen LogP contribution in [0, 0.1) is 13.8 Å². The van der Waals surface area contributed by atoms with Crippen molar-refractivity contribution in [2.75, 3.05) is 0 Å². The highest BCUT2D eigenvalue weighted by Crippen LogP contribution is 2.25. The van der Waals surface area contributed by atoms with Crippen molar-refractivity contribution < 1.29 is 4.74 Å². The van der Waals surface area contributed by atoms with Gasteiger partial charge in [-0.15, -0.1) is 0 Å². The van der Waals surface area contributed by atoms with Crippen LogP contribution >= 0.6 is 0 Å². The van der Waals surface area contributed by atoms with Crippen LogP contribution in [-0.2, 0) is 18.6 Å². The first-order valence-corrected chi connectivity index (χ1v) is 10.5. The maximum absolute atomic E-state index is 6.14. The summed E-state index contributed by atoms with van der Waals surface area (Å²) in [5.74, 6) is 1.81. The van der Waals surface area contributed by atoms with E-state index in [0.29, 0.717) is 6.61 Å². The first-order valence-electron chi connectivity index (χ1n) is 10.5. The molecule has 3 nitrogen and oxygen atoms in total. The van der Waals surface area contributed by atoms with E-state index in [9.17, 15) is 0 Å². The second-order valence-electron chi connectivity index (χ2n) is 9.10. The summed E-state index contributed by atoms with van der Waals surface area (Å²) in [5.41, 5.74) is 7.47. The number of hydrogen-bond donors (Lipinski definition) is 0. The van der Waals surface area contributed by atoms with Crippen molar-refractivity contribution in [1.29, 1.82) is 0 Å². The molecule has 0 saturated heterocycles. The number of imidazole rings is 1. The first-order chi connectivity index (χ1) is 14.3. The molecule has 0 radical (unpaired) electrons. The Morgan fingerprint density at radius 1 is 0.900 bits per heavy atom. The van der Waals surface area contributed by atoms with Crippen LogP contribution in [0.1, 0.15) is 48.8 Å². The molecule has 3 aromatic carbocycles. The van der Waals surface area contributed by atoms with Crippen molar-refractivity contribution in [3.63, 3.8) is 0 Å². The Bertz CT molecular complexity index is 1160. The SMILES string of the molecule is Cc1ccc(C)c(Cn2c(COc3ccc(C(C)(C)C)cc3)nc3ccccc32)c1. The molecule has 0 N–H and O–H groups in total. The zero-order chi connectivity index (χ0) is 21.3. The molecular weight excluding hydrogens is 368 g/mol. The third-order valence-electron chi connectivity index (χ3n) is 5.65. The molecule has 4 rings (SSSR count). The minimum absolute atomic E-state index is 0.137. The summed E-state index contributed by atoms with van der Waals surface area (Å²) in [5, 5.41) is 0. The number of para-hydroxylation sites is 2. The van der Waals surface area contributed by atoms with E-state index in [0.717, 1.165) is 29.2 Å². The van der Waals surface area contributed by atoms with Gasteiger partial charge < -0.3 is 9.30 Å². The van der Waals surface area contributed by atoms with Crippen LogP contribution in [0.5, 0.6) is 5.75 Å². The molecule has 1 aromatic heterocycles. The van der Waals surface area contributed by atoms with Crippen LogP contribution in [0.25, 0.3) is 11.0 Å². The molecule has 0 aliphatic carbocycles. The topological polar surface area (TPSA) is 27.1 Å². The van der Waals surface area contributed by atoms with Crippen molar-refractivity contribution >= 4 is 11.0 Å². The number of hydrogen-bond acceptors (Lipinski definition) is 2. The van der Waals surface area contributed by atoms with Crippen LogP contribution in [0.3, 0.4) is 0 Å². The van der Waals surface area contributed by atoms with E-state index in [-0.39, 0.29) is 5.41 Å². The molecule has 0 bridgehead atoms. The number of rotatable bonds is 5. The highest BCUT2D eigenvalue weighted by molar-refractivity contribution is 5.76. The standard InChI is InChI=1S/C27H30N2O/c1-19-10-11-20(2)21(16-19)17-29-25-9-7-6-8-24(25)28-26(29)18-30-23-14-12-22(13-15-23)27(3,4)5/h6-16H,17-18H2,1-5H3. The Kier molecular flexibility index (Phi) is 5.38. The van der Waals surface area contributed by atoms with Crippen LogP contribution in [0.15, 0.2) is 66.7 Å². The van der Waals surface area contributed by atoms with Crippen LogP contribution < -0.4 is 4.74 Å². The molecule has 3 heteroatoms. The minimum atomic E-state index is 0.137. The lowest BCUT2D eigenvalue weighted by atomic mass is 9.87. The van der Waals surface area contributed by atoms with E-state index in [1.807, 2.05) is 6.07 Å². The van der Waals surface area contributed by atoms with Crippen molar-refractivity contribution in [1.82, 2.24) is 9.55 Å². The Hall–Kier alpha value is -3.07. The average molecular weight is 399 g/mol. The second kappa shape index (κ2) is 7.98. The maximum Gasteiger partial charge on any atom is 0.148 e. The van der Waals surface area contributed by atoms with E-state index in [2.05, 4.69) is 99.8 Å². The molecule has 0 unspecified atom stereocenters. The fourth-order valence-corrected chi connectivity index (χ4v) is 3.75. The van der Waals surface area contributed by atoms with E-state index < -0.39 is 0 Å². The van der Waals surface area contributed by atoms with Gasteiger partial charge in [-0.2, -0.15) is 0 Å². The van der Waals surface area contributed by atoms with Gasteiger partial charge in [0.15, 0.2) is 0 Å². The predicted molar refractivity (Wildman–Crippen MR) is 124 cm³/mol. The molecule has 0 atom stereocenters. The summed E-state index contributed by atoms with van der Waals surface area (Å²) in [7, 11) is 0. The molecule has 0 aliphatic rings. The molecule has 0 aliphatic heterocycles. The molecule has 0 spiro atoms. The second-order valence-corrected chi connectivity index (χ2v) is 9.10. The Morgan fingerprint density at radius 3 is 2.37 bits per heavy atom. The highest BCUT2D eigenvalue weighted by atomic mass is 16.5. The van der Waals surface area contributed by atoms with E-state index in [4.69, 9.17) is 9.72 Å². The summed E-state index contributed by atoms with van der Waals surface area (Å²) in [6, 6.07) is 23.3. The Balaban J connectivity index is 1.62. The molecule has 0 amide bonds. The van der Waals surface area contributed by atoms with Gasteiger partial charge in [-0.25, -0.2) is 4.98 Å². The lowest BCUT2D eigenvalue weighted by Gasteiger charge is -2.19. The van der Waals surface area contributed by atoms with Crippen molar-refractivity contribution in [2.24, 2.45) is 0 Å². The van der Waals surface area contributed by atoms with Crippen molar-refractivity contribution in [2.45, 2.75) is 53.2 Å². The molecule has 154 valence electrons. The van der Waals surface area contributed by atoms with Gasteiger partial charge in [-0.1, -0.05) is 68.8 Å². The number of benzene rings is 3. The molecular formula is C27H30N2O. The third kappa shape index (κ3) is 4.25. The summed E-state index contributed by atoms with van der Waals surface area (Å²) < 4.78 is 8.42. The fraction of sp³-hybridized carbons (Fsp3) is 0.296. The largest absolute Gasteiger partial charge is 0.486 e. The van der Waals surface area contributed by atoms with Crippen LogP contribution in [-0.4, -0.2) is 9.55 Å². The van der Waals surface area contributed by atoms with Gasteiger partial charge in [-0.05, 0) is 60.2 Å². The zero-order valence-corrected chi connectivity index (χ0v) is 18.6. The summed E-state index contributed by atoms with van der Waals surface area (Å²) >= 11 is 0. The summed E-state index contributed by atoms with van der Waals surface area (Å²) in [6.45, 7) is 12.2. The lowest BCUT2D eigenvalue weighted by molar-refractivity contribution is 0.291. The van der Waals surface area contributed by atoms with E-state index in [1.165, 1.54) is 22.3 Å².